The molecule has 1 aromatic carbocycles. The molecule has 1 N–H and O–H groups in total. The van der Waals surface area contributed by atoms with Crippen LogP contribution in [-0.2, 0) is 17.9 Å². The van der Waals surface area contributed by atoms with Crippen molar-refractivity contribution in [1.29, 1.82) is 0 Å². The Labute approximate surface area is 155 Å². The summed E-state index contributed by atoms with van der Waals surface area (Å²) >= 11 is 0. The largest absolute Gasteiger partial charge is 0.350 e. The molecular weight excluding hydrogens is 348 g/mol. The van der Waals surface area contributed by atoms with E-state index >= 15 is 0 Å². The summed E-state index contributed by atoms with van der Waals surface area (Å²) in [5, 5.41) is 22.3. The minimum Gasteiger partial charge on any atom is -0.350 e. The highest BCUT2D eigenvalue weighted by Gasteiger charge is 2.17. The monoisotopic (exact) mass is 368 g/mol. The highest BCUT2D eigenvalue weighted by Crippen LogP contribution is 2.18. The summed E-state index contributed by atoms with van der Waals surface area (Å²) in [5.74, 6) is -0.279. The van der Waals surface area contributed by atoms with Gasteiger partial charge in [-0.2, -0.15) is 10.2 Å². The van der Waals surface area contributed by atoms with Gasteiger partial charge in [-0.05, 0) is 32.9 Å². The van der Waals surface area contributed by atoms with Crippen LogP contribution in [0.25, 0.3) is 5.69 Å². The molecule has 0 radical (unpaired) electrons. The highest BCUT2D eigenvalue weighted by atomic mass is 16.6. The molecule has 27 heavy (non-hydrogen) atoms. The van der Waals surface area contributed by atoms with E-state index in [1.54, 1.807) is 0 Å². The number of nitrogens with zero attached hydrogens (tertiary/aromatic N) is 5. The molecule has 3 rings (SSSR count). The van der Waals surface area contributed by atoms with Crippen molar-refractivity contribution in [1.82, 2.24) is 24.9 Å². The Morgan fingerprint density at radius 2 is 1.85 bits per heavy atom. The molecule has 2 aromatic heterocycles. The van der Waals surface area contributed by atoms with Crippen molar-refractivity contribution >= 4 is 11.6 Å². The predicted molar refractivity (Wildman–Crippen MR) is 98.5 cm³/mol. The van der Waals surface area contributed by atoms with Gasteiger partial charge in [-0.1, -0.05) is 18.2 Å². The Bertz CT molecular complexity index is 990. The van der Waals surface area contributed by atoms with E-state index in [2.05, 4.69) is 15.5 Å². The average molecular weight is 368 g/mol. The molecule has 0 atom stereocenters. The fraction of sp³-hybridized carbons (Fsp3) is 0.278. The zero-order chi connectivity index (χ0) is 19.6. The van der Waals surface area contributed by atoms with Gasteiger partial charge >= 0.3 is 5.69 Å². The van der Waals surface area contributed by atoms with E-state index in [-0.39, 0.29) is 23.8 Å². The third-order valence-corrected chi connectivity index (χ3v) is 4.33. The first-order valence-electron chi connectivity index (χ1n) is 8.42. The first kappa shape index (κ1) is 18.3. The molecular formula is C18H20N6O3. The van der Waals surface area contributed by atoms with Gasteiger partial charge in [0, 0.05) is 17.8 Å². The first-order valence-corrected chi connectivity index (χ1v) is 8.42. The van der Waals surface area contributed by atoms with Crippen LogP contribution in [0.1, 0.15) is 22.6 Å². The second kappa shape index (κ2) is 7.40. The van der Waals surface area contributed by atoms with Crippen LogP contribution in [0.15, 0.2) is 36.5 Å². The Morgan fingerprint density at radius 1 is 1.15 bits per heavy atom. The molecule has 0 saturated carbocycles. The summed E-state index contributed by atoms with van der Waals surface area (Å²) in [6, 6.07) is 9.76. The van der Waals surface area contributed by atoms with Crippen LogP contribution < -0.4 is 5.32 Å². The molecule has 3 aromatic rings. The predicted octanol–water partition coefficient (Wildman–Crippen LogP) is 2.22. The summed E-state index contributed by atoms with van der Waals surface area (Å²) in [6.45, 7) is 5.63. The summed E-state index contributed by atoms with van der Waals surface area (Å²) in [4.78, 5) is 22.6. The summed E-state index contributed by atoms with van der Waals surface area (Å²) in [7, 11) is 0. The zero-order valence-corrected chi connectivity index (χ0v) is 15.3. The van der Waals surface area contributed by atoms with E-state index in [9.17, 15) is 14.9 Å². The normalized spacial score (nSPS) is 10.8. The van der Waals surface area contributed by atoms with E-state index in [0.717, 1.165) is 22.6 Å². The Balaban J connectivity index is 1.68. The number of hydrogen-bond donors (Lipinski definition) is 1. The highest BCUT2D eigenvalue weighted by molar-refractivity contribution is 5.75. The van der Waals surface area contributed by atoms with E-state index in [1.165, 1.54) is 17.8 Å². The lowest BCUT2D eigenvalue weighted by molar-refractivity contribution is -0.385. The van der Waals surface area contributed by atoms with Crippen LogP contribution in [0.3, 0.4) is 0 Å². The Morgan fingerprint density at radius 3 is 2.48 bits per heavy atom. The van der Waals surface area contributed by atoms with Crippen LogP contribution in [0.2, 0.25) is 0 Å². The lowest BCUT2D eigenvalue weighted by Crippen LogP contribution is -2.27. The maximum absolute atomic E-state index is 12.2. The van der Waals surface area contributed by atoms with E-state index < -0.39 is 4.92 Å². The number of amides is 1. The molecule has 0 aliphatic rings. The molecule has 2 heterocycles. The van der Waals surface area contributed by atoms with Gasteiger partial charge in [0.05, 0.1) is 16.3 Å². The number of hydrogen-bond acceptors (Lipinski definition) is 5. The van der Waals surface area contributed by atoms with Crippen molar-refractivity contribution in [2.24, 2.45) is 0 Å². The number of para-hydroxylation sites is 1. The zero-order valence-electron chi connectivity index (χ0n) is 15.3. The number of nitrogens with one attached hydrogen (secondary N) is 1. The molecule has 0 unspecified atom stereocenters. The first-order chi connectivity index (χ1) is 12.9. The van der Waals surface area contributed by atoms with E-state index in [0.29, 0.717) is 6.54 Å². The molecule has 0 fully saturated rings. The van der Waals surface area contributed by atoms with E-state index in [1.807, 2.05) is 48.9 Å². The Kier molecular flexibility index (Phi) is 5.02. The van der Waals surface area contributed by atoms with Crippen LogP contribution >= 0.6 is 0 Å². The van der Waals surface area contributed by atoms with Crippen molar-refractivity contribution in [2.45, 2.75) is 33.9 Å². The second-order valence-corrected chi connectivity index (χ2v) is 6.23. The van der Waals surface area contributed by atoms with Gasteiger partial charge in [0.2, 0.25) is 5.91 Å². The number of aryl methyl sites for hydroxylation is 2. The van der Waals surface area contributed by atoms with Crippen molar-refractivity contribution in [3.63, 3.8) is 0 Å². The lowest BCUT2D eigenvalue weighted by atomic mass is 10.2. The molecule has 0 aliphatic carbocycles. The van der Waals surface area contributed by atoms with Gasteiger partial charge in [0.25, 0.3) is 0 Å². The van der Waals surface area contributed by atoms with Gasteiger partial charge in [-0.15, -0.1) is 0 Å². The fourth-order valence-electron chi connectivity index (χ4n) is 2.91. The standard InChI is InChI=1S/C18H20N6O3/c1-12-16(14(3)23(21-12)15-7-5-4-6-8-15)9-19-18(25)11-22-10-17(24(26)27)13(2)20-22/h4-8,10H,9,11H2,1-3H3,(H,19,25). The average Bonchev–Trinajstić information content (AvgIpc) is 3.13. The van der Waals surface area contributed by atoms with Gasteiger partial charge < -0.3 is 5.32 Å². The summed E-state index contributed by atoms with van der Waals surface area (Å²) in [6.07, 6.45) is 1.26. The van der Waals surface area contributed by atoms with Crippen molar-refractivity contribution < 1.29 is 9.72 Å². The minimum atomic E-state index is -0.512. The van der Waals surface area contributed by atoms with Gasteiger partial charge in [-0.25, -0.2) is 4.68 Å². The Hall–Kier alpha value is -3.49. The van der Waals surface area contributed by atoms with Crippen LogP contribution in [0.5, 0.6) is 0 Å². The molecule has 9 nitrogen and oxygen atoms in total. The summed E-state index contributed by atoms with van der Waals surface area (Å²) in [5.41, 5.74) is 3.86. The quantitative estimate of drug-likeness (QED) is 0.530. The van der Waals surface area contributed by atoms with Gasteiger partial charge in [-0.3, -0.25) is 19.6 Å². The lowest BCUT2D eigenvalue weighted by Gasteiger charge is -2.07. The maximum atomic E-state index is 12.2. The number of nitro groups is 1. The SMILES string of the molecule is Cc1nn(CC(=O)NCc2c(C)nn(-c3ccccc3)c2C)cc1[N+](=O)[O-]. The summed E-state index contributed by atoms with van der Waals surface area (Å²) < 4.78 is 3.12. The number of carbonyl (C=O) groups is 1. The minimum absolute atomic E-state index is 0.0837. The number of carbonyl (C=O) groups excluding carboxylic acids is 1. The molecule has 9 heteroatoms. The smallest absolute Gasteiger partial charge is 0.309 e. The van der Waals surface area contributed by atoms with Crippen molar-refractivity contribution in [2.75, 3.05) is 0 Å². The number of aromatic nitrogens is 4. The maximum Gasteiger partial charge on any atom is 0.309 e. The third kappa shape index (κ3) is 3.86. The van der Waals surface area contributed by atoms with Gasteiger partial charge in [0.1, 0.15) is 18.4 Å². The van der Waals surface area contributed by atoms with Crippen molar-refractivity contribution in [3.8, 4) is 5.69 Å². The van der Waals surface area contributed by atoms with E-state index in [4.69, 9.17) is 0 Å². The molecule has 1 amide bonds. The molecule has 140 valence electrons. The number of benzene rings is 1. The molecule has 0 saturated heterocycles. The molecule has 0 spiro atoms. The van der Waals surface area contributed by atoms with Crippen LogP contribution in [0.4, 0.5) is 5.69 Å². The second-order valence-electron chi connectivity index (χ2n) is 6.23. The van der Waals surface area contributed by atoms with Crippen LogP contribution in [-0.4, -0.2) is 30.4 Å². The fourth-order valence-corrected chi connectivity index (χ4v) is 2.91. The topological polar surface area (TPSA) is 108 Å². The third-order valence-electron chi connectivity index (χ3n) is 4.33. The van der Waals surface area contributed by atoms with Gasteiger partial charge in [0.15, 0.2) is 0 Å². The molecule has 0 aliphatic heterocycles. The van der Waals surface area contributed by atoms with Crippen molar-refractivity contribution in [3.05, 3.63) is 69.3 Å². The molecule has 0 bridgehead atoms. The van der Waals surface area contributed by atoms with Crippen LogP contribution in [0, 0.1) is 30.9 Å². The number of rotatable bonds is 6.